The summed E-state index contributed by atoms with van der Waals surface area (Å²) in [6.07, 6.45) is 0.872. The Hall–Kier alpha value is -0.550. The van der Waals surface area contributed by atoms with Gasteiger partial charge < -0.3 is 9.79 Å². The maximum absolute atomic E-state index is 10.8. The zero-order valence-electron chi connectivity index (χ0n) is 6.72. The molecular formula is C5H7NO6P2. The quantitative estimate of drug-likeness (QED) is 0.517. The van der Waals surface area contributed by atoms with Gasteiger partial charge in [0.2, 0.25) is 7.60 Å². The highest BCUT2D eigenvalue weighted by Gasteiger charge is 2.34. The molecule has 1 unspecified atom stereocenters. The Morgan fingerprint density at radius 3 is 2.14 bits per heavy atom. The van der Waals surface area contributed by atoms with Gasteiger partial charge in [0.1, 0.15) is 0 Å². The molecule has 3 N–H and O–H groups in total. The van der Waals surface area contributed by atoms with Gasteiger partial charge in [-0.1, -0.05) is 0 Å². The molecule has 0 saturated heterocycles. The zero-order chi connectivity index (χ0) is 11.0. The van der Waals surface area contributed by atoms with E-state index in [2.05, 4.69) is 0 Å². The Kier molecular flexibility index (Phi) is 2.92. The fourth-order valence-corrected chi connectivity index (χ4v) is 2.74. The second-order valence-corrected chi connectivity index (χ2v) is 5.39. The Labute approximate surface area is 79.0 Å². The molecule has 78 valence electrons. The Morgan fingerprint density at radius 2 is 1.79 bits per heavy atom. The van der Waals surface area contributed by atoms with E-state index in [9.17, 15) is 14.0 Å². The molecule has 7 nitrogen and oxygen atoms in total. The molecule has 0 aliphatic rings. The lowest BCUT2D eigenvalue weighted by molar-refractivity contribution is -0.522. The van der Waals surface area contributed by atoms with Crippen LogP contribution in [0.3, 0.4) is 0 Å². The number of hydrogen-bond acceptors (Lipinski definition) is 3. The van der Waals surface area contributed by atoms with Gasteiger partial charge in [-0.05, 0) is 6.07 Å². The predicted molar refractivity (Wildman–Crippen MR) is 43.5 cm³/mol. The fourth-order valence-electron chi connectivity index (χ4n) is 0.870. The standard InChI is InChI=1S/C5H7NO6P2/c7-13(8,9)5-3-1-2-4-6(5)14(10,11)12/h1-4H,(H3-,7,8,9,10,11,12). The molecule has 9 heteroatoms. The van der Waals surface area contributed by atoms with Crippen LogP contribution in [0.15, 0.2) is 24.4 Å². The topological polar surface area (TPSA) is 122 Å². The van der Waals surface area contributed by atoms with E-state index in [-0.39, 0.29) is 4.34 Å². The van der Waals surface area contributed by atoms with E-state index in [4.69, 9.17) is 14.7 Å². The van der Waals surface area contributed by atoms with Crippen LogP contribution < -0.4 is 14.7 Å². The molecule has 0 aromatic carbocycles. The normalized spacial score (nSPS) is 16.3. The molecule has 0 aliphatic carbocycles. The van der Waals surface area contributed by atoms with Crippen LogP contribution in [0.5, 0.6) is 0 Å². The minimum Gasteiger partial charge on any atom is -0.771 e. The lowest BCUT2D eigenvalue weighted by Crippen LogP contribution is -2.47. The third-order valence-corrected chi connectivity index (χ3v) is 3.40. The molecule has 14 heavy (non-hydrogen) atoms. The van der Waals surface area contributed by atoms with Crippen LogP contribution in [-0.2, 0) is 9.13 Å². The van der Waals surface area contributed by atoms with Crippen LogP contribution in [0.25, 0.3) is 0 Å². The maximum Gasteiger partial charge on any atom is 0.608 e. The third-order valence-electron chi connectivity index (χ3n) is 1.39. The fraction of sp³-hybridized carbons (Fsp3) is 0. The first-order valence-electron chi connectivity index (χ1n) is 3.34. The molecule has 1 aromatic rings. The first-order chi connectivity index (χ1) is 6.23. The van der Waals surface area contributed by atoms with Gasteiger partial charge in [0, 0.05) is 12.1 Å². The molecule has 0 saturated carbocycles. The summed E-state index contributed by atoms with van der Waals surface area (Å²) in [5.74, 6) is 0. The lowest BCUT2D eigenvalue weighted by atomic mass is 10.5. The summed E-state index contributed by atoms with van der Waals surface area (Å²) in [6.45, 7) is 0. The van der Waals surface area contributed by atoms with Gasteiger partial charge in [-0.3, -0.25) is 14.4 Å². The highest BCUT2D eigenvalue weighted by atomic mass is 31.2. The van der Waals surface area contributed by atoms with Crippen molar-refractivity contribution < 1.29 is 33.0 Å². The van der Waals surface area contributed by atoms with E-state index in [1.807, 2.05) is 0 Å². The van der Waals surface area contributed by atoms with E-state index in [0.29, 0.717) is 0 Å². The van der Waals surface area contributed by atoms with Gasteiger partial charge in [-0.25, -0.2) is 0 Å². The van der Waals surface area contributed by atoms with Crippen molar-refractivity contribution in [2.45, 2.75) is 0 Å². The average Bonchev–Trinajstić information content (AvgIpc) is 2.01. The van der Waals surface area contributed by atoms with E-state index >= 15 is 0 Å². The van der Waals surface area contributed by atoms with Crippen LogP contribution in [0.4, 0.5) is 0 Å². The lowest BCUT2D eigenvalue weighted by Gasteiger charge is -2.13. The Balaban J connectivity index is 3.47. The van der Waals surface area contributed by atoms with Crippen molar-refractivity contribution >= 4 is 20.8 Å². The maximum atomic E-state index is 10.8. The largest absolute Gasteiger partial charge is 0.771 e. The average molecular weight is 239 g/mol. The highest BCUT2D eigenvalue weighted by molar-refractivity contribution is 7.59. The summed E-state index contributed by atoms with van der Waals surface area (Å²) in [5, 5.41) is 0. The smallest absolute Gasteiger partial charge is 0.608 e. The van der Waals surface area contributed by atoms with Gasteiger partial charge in [0.05, 0.1) is 0 Å². The second kappa shape index (κ2) is 3.55. The molecule has 1 rings (SSSR count). The van der Waals surface area contributed by atoms with E-state index in [0.717, 1.165) is 12.3 Å². The van der Waals surface area contributed by atoms with Gasteiger partial charge >= 0.3 is 7.75 Å². The van der Waals surface area contributed by atoms with Gasteiger partial charge in [0.25, 0.3) is 5.44 Å². The van der Waals surface area contributed by atoms with Crippen LogP contribution in [0, 0.1) is 0 Å². The van der Waals surface area contributed by atoms with Gasteiger partial charge in [-0.15, -0.1) is 4.34 Å². The summed E-state index contributed by atoms with van der Waals surface area (Å²) in [5.41, 5.74) is -0.826. The minimum atomic E-state index is -4.93. The van der Waals surface area contributed by atoms with E-state index < -0.39 is 20.8 Å². The first-order valence-corrected chi connectivity index (χ1v) is 6.48. The molecular weight excluding hydrogens is 232 g/mol. The minimum absolute atomic E-state index is 0.195. The van der Waals surface area contributed by atoms with Crippen molar-refractivity contribution in [3.63, 3.8) is 0 Å². The number of nitrogens with zero attached hydrogens (tertiary/aromatic N) is 1. The van der Waals surface area contributed by atoms with Gasteiger partial charge in [-0.2, -0.15) is 4.57 Å². The van der Waals surface area contributed by atoms with Crippen LogP contribution in [-0.4, -0.2) is 14.7 Å². The number of hydrogen-bond donors (Lipinski definition) is 3. The first kappa shape index (κ1) is 11.5. The summed E-state index contributed by atoms with van der Waals surface area (Å²) in [4.78, 5) is 36.9. The van der Waals surface area contributed by atoms with Gasteiger partial charge in [0.15, 0.2) is 6.20 Å². The summed E-state index contributed by atoms with van der Waals surface area (Å²) < 4.78 is 21.7. The molecule has 0 spiro atoms. The van der Waals surface area contributed by atoms with Crippen molar-refractivity contribution in [3.05, 3.63) is 24.4 Å². The van der Waals surface area contributed by atoms with Crippen molar-refractivity contribution in [3.8, 4) is 0 Å². The van der Waals surface area contributed by atoms with Crippen LogP contribution in [0.2, 0.25) is 0 Å². The molecule has 0 aliphatic heterocycles. The van der Waals surface area contributed by atoms with Crippen molar-refractivity contribution in [2.24, 2.45) is 0 Å². The molecule has 0 amide bonds. The van der Waals surface area contributed by atoms with Crippen LogP contribution in [0.1, 0.15) is 0 Å². The third kappa shape index (κ3) is 2.48. The molecule has 0 radical (unpaired) electrons. The van der Waals surface area contributed by atoms with Crippen molar-refractivity contribution in [1.82, 2.24) is 0 Å². The molecule has 1 heterocycles. The SMILES string of the molecule is O=P([O-])(O)c1cccc[n+]1P(=O)(O)O. The summed E-state index contributed by atoms with van der Waals surface area (Å²) in [6, 6.07) is 3.37. The van der Waals surface area contributed by atoms with Crippen molar-refractivity contribution in [1.29, 1.82) is 0 Å². The van der Waals surface area contributed by atoms with E-state index in [1.54, 1.807) is 0 Å². The van der Waals surface area contributed by atoms with E-state index in [1.165, 1.54) is 12.1 Å². The highest BCUT2D eigenvalue weighted by Crippen LogP contribution is 2.32. The molecule has 0 bridgehead atoms. The Morgan fingerprint density at radius 1 is 1.21 bits per heavy atom. The number of pyridine rings is 1. The second-order valence-electron chi connectivity index (χ2n) is 2.44. The molecule has 1 aromatic heterocycles. The van der Waals surface area contributed by atoms with Crippen LogP contribution >= 0.6 is 15.3 Å². The number of aromatic nitrogens is 1. The molecule has 1 atom stereocenters. The Bertz CT molecular complexity index is 393. The predicted octanol–water partition coefficient (Wildman–Crippen LogP) is -1.91. The monoisotopic (exact) mass is 239 g/mol. The number of rotatable bonds is 2. The summed E-state index contributed by atoms with van der Waals surface area (Å²) >= 11 is 0. The summed E-state index contributed by atoms with van der Waals surface area (Å²) in [7, 11) is -9.70. The zero-order valence-corrected chi connectivity index (χ0v) is 8.51. The van der Waals surface area contributed by atoms with Crippen molar-refractivity contribution in [2.75, 3.05) is 0 Å². The molecule has 0 fully saturated rings.